The van der Waals surface area contributed by atoms with Crippen molar-refractivity contribution < 1.29 is 22.7 Å². The van der Waals surface area contributed by atoms with Crippen molar-refractivity contribution in [3.05, 3.63) is 47.1 Å². The molecular weight excluding hydrogens is 469 g/mol. The van der Waals surface area contributed by atoms with Gasteiger partial charge in [-0.25, -0.2) is 22.8 Å². The fourth-order valence-electron chi connectivity index (χ4n) is 4.64. The second-order valence-electron chi connectivity index (χ2n) is 9.08. The lowest BCUT2D eigenvalue weighted by Crippen LogP contribution is -2.35. The van der Waals surface area contributed by atoms with Crippen LogP contribution in [0.3, 0.4) is 0 Å². The van der Waals surface area contributed by atoms with Gasteiger partial charge in [-0.3, -0.25) is 0 Å². The van der Waals surface area contributed by atoms with Crippen molar-refractivity contribution in [3.63, 3.8) is 0 Å². The summed E-state index contributed by atoms with van der Waals surface area (Å²) in [7, 11) is -3.71. The van der Waals surface area contributed by atoms with Crippen molar-refractivity contribution in [3.8, 4) is 0 Å². The summed E-state index contributed by atoms with van der Waals surface area (Å²) in [5.41, 5.74) is 0.334. The summed E-state index contributed by atoms with van der Waals surface area (Å²) in [4.78, 5) is 10.6. The number of rotatable bonds is 9. The predicted octanol–water partition coefficient (Wildman–Crippen LogP) is 3.49. The monoisotopic (exact) mass is 497 g/mol. The Balaban J connectivity index is 1.21. The molecule has 1 aromatic carbocycles. The van der Waals surface area contributed by atoms with Crippen LogP contribution in [0.15, 0.2) is 35.5 Å². The fourth-order valence-corrected chi connectivity index (χ4v) is 6.12. The summed E-state index contributed by atoms with van der Waals surface area (Å²) in [6.45, 7) is 3.97. The SMILES string of the molecule is CC(O)CS(=O)(=O)c1ccc(COC[C@@H]2C[C@@H]2C2CCN(c3cnc(Cl)cn3)CC2)c(F)c1. The number of sulfone groups is 1. The van der Waals surface area contributed by atoms with Crippen LogP contribution in [0.25, 0.3) is 0 Å². The van der Waals surface area contributed by atoms with Gasteiger partial charge in [-0.15, -0.1) is 0 Å². The van der Waals surface area contributed by atoms with Crippen LogP contribution in [0.1, 0.15) is 31.7 Å². The third kappa shape index (κ3) is 6.20. The molecule has 1 aliphatic heterocycles. The Hall–Kier alpha value is -1.81. The van der Waals surface area contributed by atoms with Crippen molar-refractivity contribution >= 4 is 27.3 Å². The molecular formula is C23H29ClFN3O4S. The lowest BCUT2D eigenvalue weighted by atomic mass is 9.91. The average Bonchev–Trinajstić information content (AvgIpc) is 3.54. The second kappa shape index (κ2) is 10.2. The van der Waals surface area contributed by atoms with E-state index in [9.17, 15) is 17.9 Å². The first-order valence-corrected chi connectivity index (χ1v) is 13.3. The smallest absolute Gasteiger partial charge is 0.181 e. The highest BCUT2D eigenvalue weighted by atomic mass is 35.5. The third-order valence-electron chi connectivity index (χ3n) is 6.49. The number of hydrogen-bond donors (Lipinski definition) is 1. The Morgan fingerprint density at radius 1 is 1.27 bits per heavy atom. The number of piperidine rings is 1. The average molecular weight is 498 g/mol. The Labute approximate surface area is 198 Å². The minimum atomic E-state index is -3.71. The van der Waals surface area contributed by atoms with Crippen LogP contribution in [0.5, 0.6) is 0 Å². The number of nitrogens with zero attached hydrogens (tertiary/aromatic N) is 3. The zero-order valence-electron chi connectivity index (χ0n) is 18.5. The fraction of sp³-hybridized carbons (Fsp3) is 0.565. The van der Waals surface area contributed by atoms with Crippen LogP contribution in [0, 0.1) is 23.6 Å². The van der Waals surface area contributed by atoms with E-state index in [1.807, 2.05) is 0 Å². The maximum atomic E-state index is 14.4. The molecule has 0 amide bonds. The van der Waals surface area contributed by atoms with E-state index in [0.717, 1.165) is 44.2 Å². The summed E-state index contributed by atoms with van der Waals surface area (Å²) in [6.07, 6.45) is 5.60. The van der Waals surface area contributed by atoms with Crippen LogP contribution in [-0.4, -0.2) is 55.0 Å². The van der Waals surface area contributed by atoms with E-state index in [1.54, 1.807) is 12.4 Å². The first kappa shape index (κ1) is 24.3. The number of anilines is 1. The van der Waals surface area contributed by atoms with Gasteiger partial charge in [-0.1, -0.05) is 17.7 Å². The number of aliphatic hydroxyl groups is 1. The molecule has 4 rings (SSSR count). The minimum absolute atomic E-state index is 0.111. The van der Waals surface area contributed by atoms with Gasteiger partial charge in [-0.2, -0.15) is 0 Å². The normalized spacial score (nSPS) is 22.4. The highest BCUT2D eigenvalue weighted by Crippen LogP contribution is 2.48. The molecule has 0 bridgehead atoms. The predicted molar refractivity (Wildman–Crippen MR) is 123 cm³/mol. The Kier molecular flexibility index (Phi) is 7.53. The van der Waals surface area contributed by atoms with E-state index in [1.165, 1.54) is 19.1 Å². The van der Waals surface area contributed by atoms with E-state index in [4.69, 9.17) is 16.3 Å². The number of halogens is 2. The summed E-state index contributed by atoms with van der Waals surface area (Å²) < 4.78 is 44.5. The van der Waals surface area contributed by atoms with Gasteiger partial charge in [0.1, 0.15) is 16.8 Å². The van der Waals surface area contributed by atoms with Crippen molar-refractivity contribution in [1.29, 1.82) is 0 Å². The zero-order chi connectivity index (χ0) is 23.6. The molecule has 1 unspecified atom stereocenters. The molecule has 0 radical (unpaired) electrons. The summed E-state index contributed by atoms with van der Waals surface area (Å²) in [5.74, 6) is 1.61. The van der Waals surface area contributed by atoms with Gasteiger partial charge < -0.3 is 14.7 Å². The summed E-state index contributed by atoms with van der Waals surface area (Å²) >= 11 is 5.81. The second-order valence-corrected chi connectivity index (χ2v) is 11.5. The van der Waals surface area contributed by atoms with Crippen LogP contribution >= 0.6 is 11.6 Å². The molecule has 1 N–H and O–H groups in total. The molecule has 0 spiro atoms. The van der Waals surface area contributed by atoms with Crippen molar-refractivity contribution in [2.75, 3.05) is 30.3 Å². The lowest BCUT2D eigenvalue weighted by molar-refractivity contribution is 0.102. The van der Waals surface area contributed by atoms with Gasteiger partial charge in [0.15, 0.2) is 9.84 Å². The molecule has 2 aliphatic rings. The molecule has 3 atom stereocenters. The molecule has 1 saturated carbocycles. The molecule has 33 heavy (non-hydrogen) atoms. The third-order valence-corrected chi connectivity index (χ3v) is 8.58. The molecule has 1 aromatic heterocycles. The van der Waals surface area contributed by atoms with Crippen molar-refractivity contribution in [2.45, 2.75) is 43.8 Å². The van der Waals surface area contributed by atoms with Crippen LogP contribution < -0.4 is 4.90 Å². The minimum Gasteiger partial charge on any atom is -0.392 e. The number of ether oxygens (including phenoxy) is 1. The topological polar surface area (TPSA) is 92.6 Å². The Morgan fingerprint density at radius 2 is 2.03 bits per heavy atom. The van der Waals surface area contributed by atoms with E-state index in [2.05, 4.69) is 14.9 Å². The lowest BCUT2D eigenvalue weighted by Gasteiger charge is -2.33. The van der Waals surface area contributed by atoms with Crippen molar-refractivity contribution in [1.82, 2.24) is 9.97 Å². The highest BCUT2D eigenvalue weighted by molar-refractivity contribution is 7.91. The quantitative estimate of drug-likeness (QED) is 0.566. The largest absolute Gasteiger partial charge is 0.392 e. The van der Waals surface area contributed by atoms with Crippen LogP contribution in [0.2, 0.25) is 5.15 Å². The molecule has 1 saturated heterocycles. The van der Waals surface area contributed by atoms with Crippen molar-refractivity contribution in [2.24, 2.45) is 17.8 Å². The summed E-state index contributed by atoms with van der Waals surface area (Å²) in [5, 5.41) is 9.73. The molecule has 7 nitrogen and oxygen atoms in total. The highest BCUT2D eigenvalue weighted by Gasteiger charge is 2.43. The number of aromatic nitrogens is 2. The number of hydrogen-bond acceptors (Lipinski definition) is 7. The van der Waals surface area contributed by atoms with Crippen LogP contribution in [0.4, 0.5) is 10.2 Å². The van der Waals surface area contributed by atoms with E-state index in [-0.39, 0.29) is 11.5 Å². The van der Waals surface area contributed by atoms with Gasteiger partial charge >= 0.3 is 0 Å². The van der Waals surface area contributed by atoms with E-state index < -0.39 is 27.5 Å². The van der Waals surface area contributed by atoms with Crippen LogP contribution in [-0.2, 0) is 21.2 Å². The van der Waals surface area contributed by atoms with E-state index >= 15 is 0 Å². The molecule has 180 valence electrons. The zero-order valence-corrected chi connectivity index (χ0v) is 20.1. The summed E-state index contributed by atoms with van der Waals surface area (Å²) in [6, 6.07) is 3.83. The van der Waals surface area contributed by atoms with Gasteiger partial charge in [0.25, 0.3) is 0 Å². The Morgan fingerprint density at radius 3 is 2.67 bits per heavy atom. The molecule has 2 aromatic rings. The van der Waals surface area contributed by atoms with Gasteiger partial charge in [0.2, 0.25) is 0 Å². The molecule has 2 fully saturated rings. The van der Waals surface area contributed by atoms with Gasteiger partial charge in [0.05, 0.1) is 42.4 Å². The first-order chi connectivity index (χ1) is 15.7. The first-order valence-electron chi connectivity index (χ1n) is 11.2. The Bertz CT molecular complexity index is 1060. The molecule has 10 heteroatoms. The maximum absolute atomic E-state index is 14.4. The molecule has 1 aliphatic carbocycles. The standard InChI is InChI=1S/C23H29ClFN3O4S/c1-15(29)14-33(30,31)19-3-2-17(21(25)9-19)12-32-13-18-8-20(18)16-4-6-28(7-5-16)23-11-26-22(24)10-27-23/h2-3,9-11,15-16,18,20,29H,4-8,12-14H2,1H3/t15?,18-,20+/m0/s1. The maximum Gasteiger partial charge on any atom is 0.181 e. The molecule has 2 heterocycles. The number of benzene rings is 1. The van der Waals surface area contributed by atoms with Gasteiger partial charge in [-0.05, 0) is 56.1 Å². The van der Waals surface area contributed by atoms with Gasteiger partial charge in [0, 0.05) is 18.7 Å². The number of aliphatic hydroxyl groups excluding tert-OH is 1. The van der Waals surface area contributed by atoms with E-state index in [0.29, 0.717) is 35.1 Å².